The number of carboxylic acid groups (broad SMARTS) is 1. The van der Waals surface area contributed by atoms with Crippen LogP contribution in [0, 0.1) is 0 Å². The first-order chi connectivity index (χ1) is 6.52. The minimum absolute atomic E-state index is 0.0509. The highest BCUT2D eigenvalue weighted by molar-refractivity contribution is 7.99. The zero-order valence-corrected chi connectivity index (χ0v) is 8.96. The lowest BCUT2D eigenvalue weighted by Gasteiger charge is -2.12. The summed E-state index contributed by atoms with van der Waals surface area (Å²) < 4.78 is 0. The molecule has 0 amide bonds. The molecule has 0 fully saturated rings. The lowest BCUT2D eigenvalue weighted by atomic mass is 10.6. The van der Waals surface area contributed by atoms with Crippen molar-refractivity contribution in [1.82, 2.24) is 4.90 Å². The normalized spacial score (nSPS) is 10.1. The Morgan fingerprint density at radius 3 is 2.71 bits per heavy atom. The smallest absolute Gasteiger partial charge is 0.317 e. The Labute approximate surface area is 87.3 Å². The molecule has 5 N–H and O–H groups in total. The standard InChI is InChI=1S/C7H16N4O2S/c1-11(4-6(12)13)5-14-3-2-10-7(8)9/h2-5H2,1H3,(H,12,13)(H4,8,9,10). The Hall–Kier alpha value is -0.950. The summed E-state index contributed by atoms with van der Waals surface area (Å²) in [5.41, 5.74) is 10.3. The fourth-order valence-electron chi connectivity index (χ4n) is 0.736. The summed E-state index contributed by atoms with van der Waals surface area (Å²) in [6, 6.07) is 0. The summed E-state index contributed by atoms with van der Waals surface area (Å²) in [7, 11) is 1.75. The number of hydrogen-bond donors (Lipinski definition) is 3. The van der Waals surface area contributed by atoms with Gasteiger partial charge in [-0.2, -0.15) is 0 Å². The molecule has 0 aliphatic rings. The quantitative estimate of drug-likeness (QED) is 0.219. The Morgan fingerprint density at radius 2 is 2.21 bits per heavy atom. The van der Waals surface area contributed by atoms with E-state index in [-0.39, 0.29) is 12.5 Å². The molecule has 0 heterocycles. The van der Waals surface area contributed by atoms with Gasteiger partial charge in [0.15, 0.2) is 5.96 Å². The first kappa shape index (κ1) is 13.1. The van der Waals surface area contributed by atoms with E-state index in [1.807, 2.05) is 0 Å². The number of aliphatic carboxylic acids is 1. The van der Waals surface area contributed by atoms with Crippen molar-refractivity contribution >= 4 is 23.7 Å². The molecular formula is C7H16N4O2S. The van der Waals surface area contributed by atoms with E-state index in [1.165, 1.54) is 0 Å². The van der Waals surface area contributed by atoms with Crippen molar-refractivity contribution in [2.75, 3.05) is 31.8 Å². The highest BCUT2D eigenvalue weighted by Crippen LogP contribution is 2.01. The molecule has 6 nitrogen and oxygen atoms in total. The Bertz CT molecular complexity index is 206. The van der Waals surface area contributed by atoms with Crippen molar-refractivity contribution in [1.29, 1.82) is 0 Å². The molecule has 0 aliphatic heterocycles. The number of rotatable bonds is 7. The molecule has 0 unspecified atom stereocenters. The van der Waals surface area contributed by atoms with E-state index in [4.69, 9.17) is 16.6 Å². The average molecular weight is 220 g/mol. The van der Waals surface area contributed by atoms with E-state index < -0.39 is 5.97 Å². The highest BCUT2D eigenvalue weighted by atomic mass is 32.2. The van der Waals surface area contributed by atoms with Crippen molar-refractivity contribution in [3.05, 3.63) is 0 Å². The maximum atomic E-state index is 10.3. The van der Waals surface area contributed by atoms with Crippen LogP contribution in [0.4, 0.5) is 0 Å². The third-order valence-corrected chi connectivity index (χ3v) is 2.34. The van der Waals surface area contributed by atoms with Crippen molar-refractivity contribution in [2.45, 2.75) is 0 Å². The van der Waals surface area contributed by atoms with Crippen LogP contribution in [0.25, 0.3) is 0 Å². The molecule has 0 aromatic heterocycles. The lowest BCUT2D eigenvalue weighted by molar-refractivity contribution is -0.137. The van der Waals surface area contributed by atoms with Crippen molar-refractivity contribution in [2.24, 2.45) is 16.5 Å². The van der Waals surface area contributed by atoms with Gasteiger partial charge in [-0.1, -0.05) is 0 Å². The summed E-state index contributed by atoms with van der Waals surface area (Å²) in [6.45, 7) is 0.614. The molecule has 0 aromatic carbocycles. The summed E-state index contributed by atoms with van der Waals surface area (Å²) in [4.78, 5) is 15.8. The van der Waals surface area contributed by atoms with Crippen LogP contribution in [-0.2, 0) is 4.79 Å². The molecule has 7 heteroatoms. The number of aliphatic imine (C=N–C) groups is 1. The molecule has 82 valence electrons. The Balaban J connectivity index is 3.36. The van der Waals surface area contributed by atoms with Crippen molar-refractivity contribution in [3.8, 4) is 0 Å². The summed E-state index contributed by atoms with van der Waals surface area (Å²) in [6.07, 6.45) is 0. The van der Waals surface area contributed by atoms with Crippen molar-refractivity contribution in [3.63, 3.8) is 0 Å². The van der Waals surface area contributed by atoms with Gasteiger partial charge >= 0.3 is 5.97 Å². The van der Waals surface area contributed by atoms with E-state index in [0.29, 0.717) is 12.4 Å². The molecular weight excluding hydrogens is 204 g/mol. The van der Waals surface area contributed by atoms with Gasteiger partial charge in [-0.15, -0.1) is 11.8 Å². The minimum atomic E-state index is -0.822. The maximum absolute atomic E-state index is 10.3. The van der Waals surface area contributed by atoms with E-state index in [9.17, 15) is 4.79 Å². The number of carbonyl (C=O) groups is 1. The fraction of sp³-hybridized carbons (Fsp3) is 0.714. The van der Waals surface area contributed by atoms with Gasteiger partial charge in [0.1, 0.15) is 0 Å². The number of guanidine groups is 1. The number of nitrogens with two attached hydrogens (primary N) is 2. The topological polar surface area (TPSA) is 105 Å². The second kappa shape index (κ2) is 7.45. The maximum Gasteiger partial charge on any atom is 0.317 e. The average Bonchev–Trinajstić information content (AvgIpc) is 2.01. The van der Waals surface area contributed by atoms with Gasteiger partial charge in [0, 0.05) is 11.6 Å². The first-order valence-corrected chi connectivity index (χ1v) is 5.21. The van der Waals surface area contributed by atoms with Crippen LogP contribution >= 0.6 is 11.8 Å². The SMILES string of the molecule is CN(CSCCN=C(N)N)CC(=O)O. The van der Waals surface area contributed by atoms with Crippen LogP contribution in [0.5, 0.6) is 0 Å². The lowest BCUT2D eigenvalue weighted by Crippen LogP contribution is -2.25. The van der Waals surface area contributed by atoms with Gasteiger partial charge in [-0.05, 0) is 7.05 Å². The zero-order valence-electron chi connectivity index (χ0n) is 8.14. The molecule has 0 aliphatic carbocycles. The third-order valence-electron chi connectivity index (χ3n) is 1.25. The Morgan fingerprint density at radius 1 is 1.57 bits per heavy atom. The fourth-order valence-corrected chi connectivity index (χ4v) is 1.49. The second-order valence-corrected chi connectivity index (χ2v) is 3.83. The summed E-state index contributed by atoms with van der Waals surface area (Å²) >= 11 is 1.59. The predicted octanol–water partition coefficient (Wildman–Crippen LogP) is -1.03. The molecule has 0 spiro atoms. The van der Waals surface area contributed by atoms with Crippen molar-refractivity contribution < 1.29 is 9.90 Å². The molecule has 0 atom stereocenters. The summed E-state index contributed by atoms with van der Waals surface area (Å²) in [5, 5.41) is 8.45. The Kier molecular flexibility index (Phi) is 6.95. The predicted molar refractivity (Wildman–Crippen MR) is 58.3 cm³/mol. The number of nitrogens with zero attached hydrogens (tertiary/aromatic N) is 2. The van der Waals surface area contributed by atoms with E-state index in [0.717, 1.165) is 5.75 Å². The van der Waals surface area contributed by atoms with Gasteiger partial charge in [-0.3, -0.25) is 14.7 Å². The highest BCUT2D eigenvalue weighted by Gasteiger charge is 2.02. The van der Waals surface area contributed by atoms with Crippen LogP contribution in [-0.4, -0.2) is 53.7 Å². The molecule has 0 rings (SSSR count). The molecule has 0 aromatic rings. The number of hydrogen-bond acceptors (Lipinski definition) is 4. The van der Waals surface area contributed by atoms with Crippen LogP contribution in [0.15, 0.2) is 4.99 Å². The second-order valence-electron chi connectivity index (χ2n) is 2.75. The van der Waals surface area contributed by atoms with Gasteiger partial charge in [0.05, 0.1) is 13.1 Å². The number of thioether (sulfide) groups is 1. The van der Waals surface area contributed by atoms with E-state index in [2.05, 4.69) is 4.99 Å². The molecule has 0 bridgehead atoms. The first-order valence-electron chi connectivity index (χ1n) is 4.06. The van der Waals surface area contributed by atoms with Gasteiger partial charge in [0.25, 0.3) is 0 Å². The minimum Gasteiger partial charge on any atom is -0.480 e. The molecule has 14 heavy (non-hydrogen) atoms. The molecule has 0 saturated heterocycles. The monoisotopic (exact) mass is 220 g/mol. The van der Waals surface area contributed by atoms with Crippen LogP contribution in [0.1, 0.15) is 0 Å². The van der Waals surface area contributed by atoms with Crippen LogP contribution in [0.3, 0.4) is 0 Å². The van der Waals surface area contributed by atoms with Gasteiger partial charge in [-0.25, -0.2) is 0 Å². The largest absolute Gasteiger partial charge is 0.480 e. The molecule has 0 saturated carbocycles. The van der Waals surface area contributed by atoms with Gasteiger partial charge < -0.3 is 16.6 Å². The zero-order chi connectivity index (χ0) is 11.0. The van der Waals surface area contributed by atoms with E-state index in [1.54, 1.807) is 23.7 Å². The number of carboxylic acids is 1. The van der Waals surface area contributed by atoms with E-state index >= 15 is 0 Å². The third kappa shape index (κ3) is 9.14. The number of likely N-dealkylation sites (N-methyl/N-ethyl adjacent to an activating group) is 1. The van der Waals surface area contributed by atoms with Crippen LogP contribution < -0.4 is 11.5 Å². The summed E-state index contributed by atoms with van der Waals surface area (Å²) in [5.74, 6) is 0.704. The van der Waals surface area contributed by atoms with Gasteiger partial charge in [0.2, 0.25) is 0 Å². The molecule has 0 radical (unpaired) electrons. The van der Waals surface area contributed by atoms with Crippen LogP contribution in [0.2, 0.25) is 0 Å².